The number of aromatic nitrogens is 2. The van der Waals surface area contributed by atoms with E-state index < -0.39 is 22.2 Å². The number of sulfonamides is 1. The third kappa shape index (κ3) is 6.33. The van der Waals surface area contributed by atoms with Gasteiger partial charge < -0.3 is 29.2 Å². The minimum absolute atomic E-state index is 0.0125. The highest BCUT2D eigenvalue weighted by atomic mass is 32.2. The van der Waals surface area contributed by atoms with Gasteiger partial charge >= 0.3 is 0 Å². The van der Waals surface area contributed by atoms with E-state index in [-0.39, 0.29) is 71.5 Å². The molecule has 0 saturated carbocycles. The molecule has 2 aromatic heterocycles. The van der Waals surface area contributed by atoms with Crippen LogP contribution in [0.1, 0.15) is 41.2 Å². The molecule has 0 unspecified atom stereocenters. The zero-order valence-electron chi connectivity index (χ0n) is 26.3. The molecule has 3 atom stereocenters. The van der Waals surface area contributed by atoms with Crippen LogP contribution in [-0.2, 0) is 28.3 Å². The lowest BCUT2D eigenvalue weighted by Gasteiger charge is -2.38. The van der Waals surface area contributed by atoms with Crippen molar-refractivity contribution in [3.8, 4) is 5.75 Å². The average molecular weight is 638 g/mol. The monoisotopic (exact) mass is 637 g/mol. The van der Waals surface area contributed by atoms with Crippen molar-refractivity contribution in [3.63, 3.8) is 0 Å². The molecule has 0 spiro atoms. The first-order valence-electron chi connectivity index (χ1n) is 14.8. The van der Waals surface area contributed by atoms with Crippen LogP contribution in [0, 0.1) is 19.8 Å². The normalized spacial score (nSPS) is 18.0. The minimum Gasteiger partial charge on any atom is -0.488 e. The number of hydrogen-bond donors (Lipinski definition) is 2. The van der Waals surface area contributed by atoms with Crippen molar-refractivity contribution in [2.45, 2.75) is 51.2 Å². The van der Waals surface area contributed by atoms with Crippen molar-refractivity contribution in [3.05, 3.63) is 71.2 Å². The van der Waals surface area contributed by atoms with Gasteiger partial charge in [0.2, 0.25) is 15.9 Å². The number of hydrogen-bond acceptors (Lipinski definition) is 8. The number of rotatable bonds is 9. The van der Waals surface area contributed by atoms with Crippen molar-refractivity contribution < 1.29 is 32.4 Å². The number of anilines is 1. The molecular weight excluding hydrogens is 598 g/mol. The second kappa shape index (κ2) is 12.7. The number of likely N-dealkylation sites (N-methyl/N-ethyl adjacent to an activating group) is 1. The van der Waals surface area contributed by atoms with Gasteiger partial charge in [-0.3, -0.25) is 9.59 Å². The largest absolute Gasteiger partial charge is 0.488 e. The SMILES string of the molecule is Cc1noc(C)c1S(=O)(=O)N(C)C[C@H]1Oc2ccc(NC(=O)Cc3cn(C)c4ccccc34)cc2C(=O)N([C@H](C)CO)C[C@@H]1C. The summed E-state index contributed by atoms with van der Waals surface area (Å²) < 4.78 is 41.6. The van der Waals surface area contributed by atoms with E-state index in [0.29, 0.717) is 5.69 Å². The summed E-state index contributed by atoms with van der Waals surface area (Å²) in [5, 5.41) is 17.7. The first-order valence-corrected chi connectivity index (χ1v) is 16.2. The zero-order valence-corrected chi connectivity index (χ0v) is 27.1. The van der Waals surface area contributed by atoms with E-state index in [4.69, 9.17) is 9.26 Å². The quantitative estimate of drug-likeness (QED) is 0.284. The van der Waals surface area contributed by atoms with Gasteiger partial charge in [-0.1, -0.05) is 30.3 Å². The predicted molar refractivity (Wildman–Crippen MR) is 169 cm³/mol. The molecule has 2 N–H and O–H groups in total. The topological polar surface area (TPSA) is 147 Å². The van der Waals surface area contributed by atoms with Crippen LogP contribution in [0.15, 0.2) is 58.1 Å². The third-order valence-electron chi connectivity index (χ3n) is 8.35. The summed E-state index contributed by atoms with van der Waals surface area (Å²) >= 11 is 0. The van der Waals surface area contributed by atoms with E-state index in [9.17, 15) is 23.1 Å². The Morgan fingerprint density at radius 2 is 1.96 bits per heavy atom. The molecule has 4 aromatic rings. The van der Waals surface area contributed by atoms with Crippen molar-refractivity contribution in [1.82, 2.24) is 18.9 Å². The number of nitrogens with one attached hydrogen (secondary N) is 1. The second-order valence-corrected chi connectivity index (χ2v) is 13.8. The van der Waals surface area contributed by atoms with Crippen LogP contribution >= 0.6 is 0 Å². The molecule has 240 valence electrons. The van der Waals surface area contributed by atoms with Crippen LogP contribution in [-0.4, -0.2) is 83.2 Å². The van der Waals surface area contributed by atoms with Crippen LogP contribution in [0.25, 0.3) is 10.9 Å². The molecule has 0 bridgehead atoms. The maximum Gasteiger partial charge on any atom is 0.258 e. The Balaban J connectivity index is 1.42. The Labute approximate surface area is 262 Å². The van der Waals surface area contributed by atoms with E-state index in [0.717, 1.165) is 16.5 Å². The number of fused-ring (bicyclic) bond motifs is 2. The molecule has 2 aromatic carbocycles. The number of nitrogens with zero attached hydrogens (tertiary/aromatic N) is 4. The molecule has 0 radical (unpaired) electrons. The van der Waals surface area contributed by atoms with Crippen LogP contribution in [0.3, 0.4) is 0 Å². The molecule has 3 heterocycles. The number of aryl methyl sites for hydroxylation is 3. The highest BCUT2D eigenvalue weighted by molar-refractivity contribution is 7.89. The number of carbonyl (C=O) groups is 2. The molecule has 45 heavy (non-hydrogen) atoms. The highest BCUT2D eigenvalue weighted by Crippen LogP contribution is 2.32. The number of aliphatic hydroxyl groups is 1. The molecule has 13 heteroatoms. The summed E-state index contributed by atoms with van der Waals surface area (Å²) in [6.07, 6.45) is 1.42. The van der Waals surface area contributed by atoms with Gasteiger partial charge in [-0.2, -0.15) is 4.31 Å². The van der Waals surface area contributed by atoms with Gasteiger partial charge in [0.15, 0.2) is 5.76 Å². The molecule has 0 saturated heterocycles. The maximum absolute atomic E-state index is 13.8. The molecule has 2 amide bonds. The summed E-state index contributed by atoms with van der Waals surface area (Å²) in [5.74, 6) is -0.470. The highest BCUT2D eigenvalue weighted by Gasteiger charge is 2.36. The van der Waals surface area contributed by atoms with Crippen molar-refractivity contribution >= 4 is 38.4 Å². The Kier molecular flexibility index (Phi) is 9.06. The summed E-state index contributed by atoms with van der Waals surface area (Å²) in [7, 11) is -0.559. The number of benzene rings is 2. The zero-order chi connectivity index (χ0) is 32.6. The predicted octanol–water partition coefficient (Wildman–Crippen LogP) is 3.51. The Morgan fingerprint density at radius 1 is 1.22 bits per heavy atom. The number of amides is 2. The molecule has 5 rings (SSSR count). The third-order valence-corrected chi connectivity index (χ3v) is 10.4. The van der Waals surface area contributed by atoms with Gasteiger partial charge in [0, 0.05) is 49.3 Å². The summed E-state index contributed by atoms with van der Waals surface area (Å²) in [6.45, 7) is 6.66. The van der Waals surface area contributed by atoms with Gasteiger partial charge in [0.05, 0.1) is 31.2 Å². The van der Waals surface area contributed by atoms with E-state index in [1.165, 1.54) is 11.4 Å². The van der Waals surface area contributed by atoms with Crippen molar-refractivity contribution in [2.75, 3.05) is 32.1 Å². The average Bonchev–Trinajstić information content (AvgIpc) is 3.51. The molecule has 1 aliphatic rings. The number of ether oxygens (including phenoxy) is 1. The second-order valence-electron chi connectivity index (χ2n) is 11.8. The van der Waals surface area contributed by atoms with Crippen LogP contribution in [0.5, 0.6) is 5.75 Å². The van der Waals surface area contributed by atoms with Crippen LogP contribution in [0.2, 0.25) is 0 Å². The summed E-state index contributed by atoms with van der Waals surface area (Å²) in [5.41, 5.74) is 2.78. The van der Waals surface area contributed by atoms with Gasteiger partial charge in [-0.25, -0.2) is 8.42 Å². The van der Waals surface area contributed by atoms with E-state index in [2.05, 4.69) is 10.5 Å². The van der Waals surface area contributed by atoms with E-state index in [1.807, 2.05) is 49.0 Å². The van der Waals surface area contributed by atoms with Crippen LogP contribution in [0.4, 0.5) is 5.69 Å². The Morgan fingerprint density at radius 3 is 2.64 bits per heavy atom. The van der Waals surface area contributed by atoms with Crippen molar-refractivity contribution in [2.24, 2.45) is 13.0 Å². The number of para-hydroxylation sites is 1. The minimum atomic E-state index is -3.95. The maximum atomic E-state index is 13.8. The lowest BCUT2D eigenvalue weighted by atomic mass is 9.99. The smallest absolute Gasteiger partial charge is 0.258 e. The first-order chi connectivity index (χ1) is 21.3. The fourth-order valence-corrected chi connectivity index (χ4v) is 7.28. The molecule has 0 aliphatic carbocycles. The summed E-state index contributed by atoms with van der Waals surface area (Å²) in [4.78, 5) is 28.5. The molecule has 1 aliphatic heterocycles. The standard InChI is InChI=1S/C32H39N5O7S/c1-19-15-37(20(2)18-38)32(40)26-14-24(33-30(39)13-23-16-35(5)27-10-8-7-9-25(23)27)11-12-28(26)43-29(19)17-36(6)45(41,42)31-21(3)34-44-22(31)4/h7-12,14,16,19-20,29,38H,13,15,17-18H2,1-6H3,(H,33,39)/t19-,20+,29+/m0/s1. The molecular formula is C32H39N5O7S. The van der Waals surface area contributed by atoms with Gasteiger partial charge in [0.1, 0.15) is 22.4 Å². The molecule has 12 nitrogen and oxygen atoms in total. The molecule has 0 fully saturated rings. The Bertz CT molecular complexity index is 1830. The lowest BCUT2D eigenvalue weighted by molar-refractivity contribution is -0.115. The lowest BCUT2D eigenvalue weighted by Crippen LogP contribution is -2.50. The van der Waals surface area contributed by atoms with E-state index in [1.54, 1.807) is 43.9 Å². The van der Waals surface area contributed by atoms with Gasteiger partial charge in [-0.15, -0.1) is 0 Å². The number of aliphatic hydroxyl groups excluding tert-OH is 1. The fraction of sp³-hybridized carbons (Fsp3) is 0.406. The summed E-state index contributed by atoms with van der Waals surface area (Å²) in [6, 6.07) is 12.2. The van der Waals surface area contributed by atoms with Gasteiger partial charge in [0.25, 0.3) is 5.91 Å². The van der Waals surface area contributed by atoms with Crippen molar-refractivity contribution in [1.29, 1.82) is 0 Å². The van der Waals surface area contributed by atoms with E-state index >= 15 is 0 Å². The first kappa shape index (κ1) is 32.2. The number of carbonyl (C=O) groups excluding carboxylic acids is 2. The Hall–Kier alpha value is -4.20. The van der Waals surface area contributed by atoms with Crippen LogP contribution < -0.4 is 10.1 Å². The van der Waals surface area contributed by atoms with Gasteiger partial charge in [-0.05, 0) is 50.6 Å². The fourth-order valence-electron chi connectivity index (χ4n) is 5.81.